The van der Waals surface area contributed by atoms with Crippen LogP contribution in [-0.2, 0) is 29.9 Å². The zero-order chi connectivity index (χ0) is 30.3. The zero-order valence-electron chi connectivity index (χ0n) is 23.4. The monoisotopic (exact) mass is 590 g/mol. The Morgan fingerprint density at radius 3 is 2.38 bits per heavy atom. The highest BCUT2D eigenvalue weighted by Crippen LogP contribution is 2.31. The number of anilines is 1. The predicted molar refractivity (Wildman–Crippen MR) is 147 cm³/mol. The topological polar surface area (TPSA) is 106 Å². The lowest BCUT2D eigenvalue weighted by Crippen LogP contribution is -2.60. The molecule has 10 nitrogen and oxygen atoms in total. The summed E-state index contributed by atoms with van der Waals surface area (Å²) in [5.41, 5.74) is 0.751. The zero-order valence-corrected chi connectivity index (χ0v) is 23.4. The van der Waals surface area contributed by atoms with Gasteiger partial charge in [0.25, 0.3) is 0 Å². The molecule has 1 fully saturated rings. The van der Waals surface area contributed by atoms with E-state index in [2.05, 4.69) is 22.0 Å². The number of ether oxygens (including phenoxy) is 5. The molecular weight excluding hydrogens is 557 g/mol. The van der Waals surface area contributed by atoms with E-state index in [1.807, 2.05) is 6.08 Å². The van der Waals surface area contributed by atoms with Gasteiger partial charge in [-0.1, -0.05) is 18.2 Å². The first-order valence-electron chi connectivity index (χ1n) is 13.3. The molecule has 1 aromatic heterocycles. The van der Waals surface area contributed by atoms with Crippen LogP contribution in [0.4, 0.5) is 23.7 Å². The van der Waals surface area contributed by atoms with Crippen LogP contribution >= 0.6 is 0 Å². The fraction of sp³-hybridized carbons (Fsp3) is 0.414. The summed E-state index contributed by atoms with van der Waals surface area (Å²) in [7, 11) is 3.04. The van der Waals surface area contributed by atoms with Crippen molar-refractivity contribution in [1.82, 2.24) is 14.8 Å². The minimum Gasteiger partial charge on any atom is -0.416 e. The van der Waals surface area contributed by atoms with Gasteiger partial charge in [0, 0.05) is 32.1 Å². The van der Waals surface area contributed by atoms with Gasteiger partial charge in [0.2, 0.25) is 6.29 Å². The van der Waals surface area contributed by atoms with Gasteiger partial charge in [0.05, 0.1) is 17.4 Å². The van der Waals surface area contributed by atoms with E-state index in [0.29, 0.717) is 23.5 Å². The van der Waals surface area contributed by atoms with E-state index in [-0.39, 0.29) is 5.82 Å². The number of methoxy groups -OCH3 is 2. The average Bonchev–Trinajstić information content (AvgIpc) is 3.46. The van der Waals surface area contributed by atoms with Crippen LogP contribution in [0.5, 0.6) is 0 Å². The summed E-state index contributed by atoms with van der Waals surface area (Å²) in [6.07, 6.45) is -3.50. The molecule has 1 aliphatic heterocycles. The van der Waals surface area contributed by atoms with Gasteiger partial charge in [-0.25, -0.2) is 14.5 Å². The lowest BCUT2D eigenvalue weighted by molar-refractivity contribution is -0.292. The quantitative estimate of drug-likeness (QED) is 0.226. The van der Waals surface area contributed by atoms with Crippen LogP contribution in [0.25, 0.3) is 17.1 Å². The average molecular weight is 591 g/mol. The third-order valence-electron chi connectivity index (χ3n) is 6.70. The summed E-state index contributed by atoms with van der Waals surface area (Å²) >= 11 is 0. The van der Waals surface area contributed by atoms with Crippen LogP contribution in [0.1, 0.15) is 25.3 Å². The molecule has 1 saturated heterocycles. The van der Waals surface area contributed by atoms with Gasteiger partial charge in [0.1, 0.15) is 24.6 Å². The Hall–Kier alpha value is -3.78. The molecule has 4 rings (SSSR count). The predicted octanol–water partition coefficient (Wildman–Crippen LogP) is 5.63. The second-order valence-corrected chi connectivity index (χ2v) is 9.54. The van der Waals surface area contributed by atoms with Crippen molar-refractivity contribution in [1.29, 1.82) is 0 Å². The van der Waals surface area contributed by atoms with Crippen molar-refractivity contribution >= 4 is 11.8 Å². The number of nitrogens with zero attached hydrogens (tertiary/aromatic N) is 3. The minimum atomic E-state index is -4.42. The number of carbonyl (C=O) groups is 1. The molecule has 3 aromatic rings. The molecule has 0 aliphatic carbocycles. The van der Waals surface area contributed by atoms with Gasteiger partial charge in [-0.15, -0.1) is 11.7 Å². The van der Waals surface area contributed by atoms with Crippen molar-refractivity contribution in [3.63, 3.8) is 0 Å². The molecule has 226 valence electrons. The maximum Gasteiger partial charge on any atom is 0.416 e. The van der Waals surface area contributed by atoms with E-state index in [4.69, 9.17) is 23.7 Å². The number of alkyl halides is 3. The summed E-state index contributed by atoms with van der Waals surface area (Å²) in [5.74, 6) is 0.266. The third-order valence-corrected chi connectivity index (χ3v) is 6.70. The number of benzene rings is 2. The Balaban J connectivity index is 1.37. The first-order valence-corrected chi connectivity index (χ1v) is 13.3. The van der Waals surface area contributed by atoms with Gasteiger partial charge >= 0.3 is 12.3 Å². The van der Waals surface area contributed by atoms with E-state index in [0.717, 1.165) is 25.0 Å². The largest absolute Gasteiger partial charge is 0.416 e. The molecule has 1 aliphatic rings. The highest BCUT2D eigenvalue weighted by atomic mass is 19.4. The number of aromatic nitrogens is 3. The number of hydrogen-bond acceptors (Lipinski definition) is 8. The van der Waals surface area contributed by atoms with Crippen molar-refractivity contribution in [2.45, 2.75) is 56.6 Å². The number of halogens is 3. The standard InChI is InChI=1S/C29H33F3N4O6/c1-5-6-7-16-40-24-23(38-3)18(2)41-27(25(24)39-4)42-28(37)34-21-12-14-22(15-13-21)36-17-33-26(35-36)19-8-10-20(11-9-19)29(30,31)32/h5,8-15,17-18,23-25,27H,1,6-7,16H2,2-4H3,(H,34,37)/t18-,23-,24+,25+,27+/m0/s1. The third kappa shape index (κ3) is 7.53. The number of nitrogens with one attached hydrogen (secondary N) is 1. The smallest absolute Gasteiger partial charge is 0.416 e. The molecule has 2 heterocycles. The minimum absolute atomic E-state index is 0.266. The number of unbranched alkanes of at least 4 members (excludes halogenated alkanes) is 1. The molecule has 0 unspecified atom stereocenters. The normalized spacial score (nSPS) is 22.5. The molecule has 1 amide bonds. The summed E-state index contributed by atoms with van der Waals surface area (Å²) in [5, 5.41) is 7.00. The highest BCUT2D eigenvalue weighted by molar-refractivity contribution is 5.84. The number of allylic oxidation sites excluding steroid dienone is 1. The Bertz CT molecular complexity index is 1320. The Morgan fingerprint density at radius 2 is 1.76 bits per heavy atom. The molecule has 0 saturated carbocycles. The van der Waals surface area contributed by atoms with E-state index in [1.54, 1.807) is 38.3 Å². The molecule has 42 heavy (non-hydrogen) atoms. The Labute approximate surface area is 241 Å². The number of amides is 1. The Kier molecular flexibility index (Phi) is 10.3. The van der Waals surface area contributed by atoms with Crippen molar-refractivity contribution in [2.24, 2.45) is 0 Å². The molecule has 0 spiro atoms. The lowest BCUT2D eigenvalue weighted by atomic mass is 9.99. The first-order chi connectivity index (χ1) is 20.1. The fourth-order valence-corrected chi connectivity index (χ4v) is 4.56. The van der Waals surface area contributed by atoms with E-state index in [9.17, 15) is 18.0 Å². The molecule has 2 aromatic carbocycles. The highest BCUT2D eigenvalue weighted by Gasteiger charge is 2.47. The number of carbonyl (C=O) groups excluding carboxylic acids is 1. The number of rotatable bonds is 11. The van der Waals surface area contributed by atoms with E-state index >= 15 is 0 Å². The van der Waals surface area contributed by atoms with Crippen LogP contribution in [-0.4, -0.2) is 72.4 Å². The van der Waals surface area contributed by atoms with Gasteiger partial charge in [-0.2, -0.15) is 13.2 Å². The summed E-state index contributed by atoms with van der Waals surface area (Å²) in [4.78, 5) is 16.9. The summed E-state index contributed by atoms with van der Waals surface area (Å²) in [6, 6.07) is 11.3. The molecule has 0 bridgehead atoms. The maximum absolute atomic E-state index is 12.8. The Morgan fingerprint density at radius 1 is 1.07 bits per heavy atom. The van der Waals surface area contributed by atoms with Crippen LogP contribution < -0.4 is 5.32 Å². The van der Waals surface area contributed by atoms with E-state index < -0.39 is 48.5 Å². The van der Waals surface area contributed by atoms with Crippen molar-refractivity contribution in [2.75, 3.05) is 26.1 Å². The molecule has 13 heteroatoms. The van der Waals surface area contributed by atoms with Crippen LogP contribution in [0, 0.1) is 0 Å². The fourth-order valence-electron chi connectivity index (χ4n) is 4.56. The molecular formula is C29H33F3N4O6. The van der Waals surface area contributed by atoms with Gasteiger partial charge in [0.15, 0.2) is 5.82 Å². The second kappa shape index (κ2) is 13.9. The van der Waals surface area contributed by atoms with Crippen LogP contribution in [0.2, 0.25) is 0 Å². The lowest BCUT2D eigenvalue weighted by Gasteiger charge is -2.43. The second-order valence-electron chi connectivity index (χ2n) is 9.54. The van der Waals surface area contributed by atoms with Gasteiger partial charge < -0.3 is 23.7 Å². The van der Waals surface area contributed by atoms with E-state index in [1.165, 1.54) is 30.3 Å². The van der Waals surface area contributed by atoms with Gasteiger partial charge in [-0.05, 0) is 56.2 Å². The van der Waals surface area contributed by atoms with Crippen LogP contribution in [0.15, 0.2) is 67.5 Å². The molecule has 5 atom stereocenters. The molecule has 1 N–H and O–H groups in total. The maximum atomic E-state index is 12.8. The summed E-state index contributed by atoms with van der Waals surface area (Å²) < 4.78 is 68.7. The van der Waals surface area contributed by atoms with Crippen LogP contribution in [0.3, 0.4) is 0 Å². The van der Waals surface area contributed by atoms with Crippen molar-refractivity contribution in [3.05, 3.63) is 73.1 Å². The SMILES string of the molecule is C=CCCCO[C@@H]1[C@@H](OC)[C@H](C)O[C@H](OC(=O)Nc2ccc(-n3cnc(-c4ccc(C(F)(F)F)cc4)n3)cc2)[C@@H]1OC. The van der Waals surface area contributed by atoms with Crippen molar-refractivity contribution in [3.8, 4) is 17.1 Å². The first kappa shape index (κ1) is 31.2. The van der Waals surface area contributed by atoms with Gasteiger partial charge in [-0.3, -0.25) is 5.32 Å². The van der Waals surface area contributed by atoms with Crippen molar-refractivity contribution < 1.29 is 41.7 Å². The summed E-state index contributed by atoms with van der Waals surface area (Å²) in [6.45, 7) is 5.97. The number of hydrogen-bond donors (Lipinski definition) is 1. The molecule has 0 radical (unpaired) electrons.